The van der Waals surface area contributed by atoms with Gasteiger partial charge in [-0.3, -0.25) is 0 Å². The van der Waals surface area contributed by atoms with Gasteiger partial charge in [0.1, 0.15) is 0 Å². The van der Waals surface area contributed by atoms with Crippen molar-refractivity contribution in [3.8, 4) is 0 Å². The second-order valence-corrected chi connectivity index (χ2v) is 3.29. The van der Waals surface area contributed by atoms with Gasteiger partial charge < -0.3 is 10.8 Å². The van der Waals surface area contributed by atoms with Crippen molar-refractivity contribution in [2.75, 3.05) is 5.73 Å². The van der Waals surface area contributed by atoms with Crippen LogP contribution in [-0.2, 0) is 4.79 Å². The van der Waals surface area contributed by atoms with Gasteiger partial charge in [-0.25, -0.2) is 9.78 Å². The molecule has 0 atom stereocenters. The van der Waals surface area contributed by atoms with Crippen LogP contribution in [0.2, 0.25) is 0 Å². The maximum absolute atomic E-state index is 10.8. The Balaban J connectivity index is 3.02. The van der Waals surface area contributed by atoms with Gasteiger partial charge in [0.25, 0.3) is 0 Å². The van der Waals surface area contributed by atoms with E-state index in [9.17, 15) is 4.79 Å². The van der Waals surface area contributed by atoms with Crippen molar-refractivity contribution in [3.05, 3.63) is 17.2 Å². The number of aliphatic carboxylic acids is 1. The van der Waals surface area contributed by atoms with Crippen LogP contribution >= 0.6 is 11.3 Å². The zero-order valence-corrected chi connectivity index (χ0v) is 7.97. The van der Waals surface area contributed by atoms with E-state index in [0.29, 0.717) is 17.2 Å². The van der Waals surface area contributed by atoms with Crippen molar-refractivity contribution in [2.45, 2.75) is 13.3 Å². The number of anilines is 1. The summed E-state index contributed by atoms with van der Waals surface area (Å²) in [6, 6.07) is 0. The summed E-state index contributed by atoms with van der Waals surface area (Å²) in [5, 5.41) is 10.9. The van der Waals surface area contributed by atoms with Gasteiger partial charge in [0.05, 0.1) is 11.3 Å². The lowest BCUT2D eigenvalue weighted by Gasteiger charge is -1.95. The molecule has 0 saturated heterocycles. The summed E-state index contributed by atoms with van der Waals surface area (Å²) in [7, 11) is 0. The topological polar surface area (TPSA) is 76.2 Å². The molecule has 0 fully saturated rings. The highest BCUT2D eigenvalue weighted by atomic mass is 32.1. The summed E-state index contributed by atoms with van der Waals surface area (Å²) in [6.45, 7) is 1.87. The van der Waals surface area contributed by atoms with Gasteiger partial charge in [-0.2, -0.15) is 0 Å². The van der Waals surface area contributed by atoms with E-state index in [-0.39, 0.29) is 5.57 Å². The third-order valence-corrected chi connectivity index (χ3v) is 2.11. The number of allylic oxidation sites excluding steroid dienone is 1. The summed E-state index contributed by atoms with van der Waals surface area (Å²) in [4.78, 5) is 14.7. The predicted molar refractivity (Wildman–Crippen MR) is 52.4 cm³/mol. The fourth-order valence-electron chi connectivity index (χ4n) is 0.917. The Morgan fingerprint density at radius 3 is 2.92 bits per heavy atom. The van der Waals surface area contributed by atoms with Crippen LogP contribution in [0.25, 0.3) is 5.57 Å². The Kier molecular flexibility index (Phi) is 3.02. The molecule has 1 aromatic heterocycles. The zero-order chi connectivity index (χ0) is 9.84. The molecule has 13 heavy (non-hydrogen) atoms. The summed E-state index contributed by atoms with van der Waals surface area (Å²) >= 11 is 1.24. The Bertz CT molecular complexity index is 344. The van der Waals surface area contributed by atoms with E-state index in [4.69, 9.17) is 10.8 Å². The maximum Gasteiger partial charge on any atom is 0.337 e. The summed E-state index contributed by atoms with van der Waals surface area (Å²) in [5.41, 5.74) is 6.06. The number of carbonyl (C=O) groups is 1. The van der Waals surface area contributed by atoms with Crippen molar-refractivity contribution >= 4 is 28.0 Å². The predicted octanol–water partition coefficient (Wildman–Crippen LogP) is 1.60. The minimum atomic E-state index is -0.966. The first-order valence-electron chi connectivity index (χ1n) is 3.80. The zero-order valence-electron chi connectivity index (χ0n) is 7.15. The lowest BCUT2D eigenvalue weighted by Crippen LogP contribution is -2.00. The Hall–Kier alpha value is -1.36. The molecular weight excluding hydrogens is 188 g/mol. The van der Waals surface area contributed by atoms with Gasteiger partial charge in [-0.15, -0.1) is 11.3 Å². The lowest BCUT2D eigenvalue weighted by atomic mass is 10.2. The van der Waals surface area contributed by atoms with Gasteiger partial charge in [0.2, 0.25) is 0 Å². The van der Waals surface area contributed by atoms with Crippen LogP contribution in [0.15, 0.2) is 11.5 Å². The molecule has 0 aromatic carbocycles. The minimum Gasteiger partial charge on any atom is -0.478 e. The highest BCUT2D eigenvalue weighted by molar-refractivity contribution is 7.13. The first-order chi connectivity index (χ1) is 6.15. The van der Waals surface area contributed by atoms with Gasteiger partial charge in [0, 0.05) is 5.38 Å². The highest BCUT2D eigenvalue weighted by Gasteiger charge is 2.12. The van der Waals surface area contributed by atoms with Crippen molar-refractivity contribution in [3.63, 3.8) is 0 Å². The van der Waals surface area contributed by atoms with Gasteiger partial charge >= 0.3 is 5.97 Å². The first-order valence-corrected chi connectivity index (χ1v) is 4.68. The summed E-state index contributed by atoms with van der Waals surface area (Å²) < 4.78 is 0. The van der Waals surface area contributed by atoms with Crippen LogP contribution in [0, 0.1) is 0 Å². The van der Waals surface area contributed by atoms with Gasteiger partial charge in [0.15, 0.2) is 5.13 Å². The monoisotopic (exact) mass is 198 g/mol. The standard InChI is InChI=1S/C8H10N2O2S/c1-2-3-5(7(11)12)6-4-13-8(9)10-6/h3-4H,2H2,1H3,(H2,9,10)(H,11,12). The molecule has 0 amide bonds. The number of hydrogen-bond acceptors (Lipinski definition) is 4. The molecule has 1 rings (SSSR count). The molecule has 0 bridgehead atoms. The van der Waals surface area contributed by atoms with Crippen LogP contribution in [-0.4, -0.2) is 16.1 Å². The van der Waals surface area contributed by atoms with Crippen LogP contribution < -0.4 is 5.73 Å². The quantitative estimate of drug-likeness (QED) is 0.723. The molecular formula is C8H10N2O2S. The summed E-state index contributed by atoms with van der Waals surface area (Å²) in [5.74, 6) is -0.966. The Labute approximate surface area is 79.7 Å². The van der Waals surface area contributed by atoms with Crippen LogP contribution in [0.3, 0.4) is 0 Å². The van der Waals surface area contributed by atoms with Crippen LogP contribution in [0.4, 0.5) is 5.13 Å². The molecule has 0 aliphatic carbocycles. The third-order valence-electron chi connectivity index (χ3n) is 1.44. The van der Waals surface area contributed by atoms with Crippen LogP contribution in [0.1, 0.15) is 19.0 Å². The second kappa shape index (κ2) is 4.04. The minimum absolute atomic E-state index is 0.218. The van der Waals surface area contributed by atoms with Crippen molar-refractivity contribution in [1.82, 2.24) is 4.98 Å². The maximum atomic E-state index is 10.8. The average molecular weight is 198 g/mol. The SMILES string of the molecule is CCC=C(C(=O)O)c1csc(N)n1. The van der Waals surface area contributed by atoms with Crippen molar-refractivity contribution in [1.29, 1.82) is 0 Å². The molecule has 0 spiro atoms. The smallest absolute Gasteiger partial charge is 0.337 e. The first kappa shape index (κ1) is 9.73. The number of carboxylic acids is 1. The largest absolute Gasteiger partial charge is 0.478 e. The van der Waals surface area contributed by atoms with E-state index in [0.717, 1.165) is 0 Å². The number of nitrogens with two attached hydrogens (primary N) is 1. The molecule has 0 unspecified atom stereocenters. The molecule has 70 valence electrons. The van der Waals surface area contributed by atoms with Gasteiger partial charge in [-0.1, -0.05) is 13.0 Å². The molecule has 0 saturated carbocycles. The normalized spacial score (nSPS) is 11.6. The van der Waals surface area contributed by atoms with Crippen LogP contribution in [0.5, 0.6) is 0 Å². The average Bonchev–Trinajstić information content (AvgIpc) is 2.46. The van der Waals surface area contributed by atoms with E-state index in [1.807, 2.05) is 6.92 Å². The molecule has 1 heterocycles. The van der Waals surface area contributed by atoms with E-state index in [2.05, 4.69) is 4.98 Å². The number of aromatic nitrogens is 1. The van der Waals surface area contributed by atoms with Crippen molar-refractivity contribution < 1.29 is 9.90 Å². The fraction of sp³-hybridized carbons (Fsp3) is 0.250. The number of rotatable bonds is 3. The van der Waals surface area contributed by atoms with Gasteiger partial charge in [-0.05, 0) is 6.42 Å². The molecule has 1 aromatic rings. The molecule has 0 aliphatic heterocycles. The molecule has 4 nitrogen and oxygen atoms in total. The van der Waals surface area contributed by atoms with Crippen molar-refractivity contribution in [2.24, 2.45) is 0 Å². The fourth-order valence-corrected chi connectivity index (χ4v) is 1.48. The number of carboxylic acid groups (broad SMARTS) is 1. The molecule has 3 N–H and O–H groups in total. The third kappa shape index (κ3) is 2.29. The van der Waals surface area contributed by atoms with E-state index in [1.54, 1.807) is 11.5 Å². The Morgan fingerprint density at radius 1 is 1.85 bits per heavy atom. The number of nitrogens with zero attached hydrogens (tertiary/aromatic N) is 1. The Morgan fingerprint density at radius 2 is 2.54 bits per heavy atom. The molecule has 0 radical (unpaired) electrons. The number of nitrogen functional groups attached to an aromatic ring is 1. The lowest BCUT2D eigenvalue weighted by molar-refractivity contribution is -0.130. The van der Waals surface area contributed by atoms with E-state index >= 15 is 0 Å². The summed E-state index contributed by atoms with van der Waals surface area (Å²) in [6.07, 6.45) is 2.29. The van der Waals surface area contributed by atoms with E-state index in [1.165, 1.54) is 11.3 Å². The highest BCUT2D eigenvalue weighted by Crippen LogP contribution is 2.19. The second-order valence-electron chi connectivity index (χ2n) is 2.40. The number of thiazole rings is 1. The van der Waals surface area contributed by atoms with E-state index < -0.39 is 5.97 Å². The number of hydrogen-bond donors (Lipinski definition) is 2. The molecule has 0 aliphatic rings. The molecule has 5 heteroatoms.